The third kappa shape index (κ3) is 34.5. The molecule has 3 atom stereocenters. The predicted octanol–water partition coefficient (Wildman–Crippen LogP) is 12.4. The van der Waals surface area contributed by atoms with E-state index in [-0.39, 0.29) is 56.5 Å². The van der Waals surface area contributed by atoms with Gasteiger partial charge in [0.1, 0.15) is 12.1 Å². The van der Waals surface area contributed by atoms with Crippen LogP contribution in [0.2, 0.25) is 0 Å². The van der Waals surface area contributed by atoms with Crippen molar-refractivity contribution in [2.24, 2.45) is 5.73 Å². The van der Waals surface area contributed by atoms with Gasteiger partial charge in [-0.25, -0.2) is 4.57 Å². The first-order valence-electron chi connectivity index (χ1n) is 23.1. The first kappa shape index (κ1) is 54.4. The van der Waals surface area contributed by atoms with E-state index < -0.39 is 13.9 Å². The van der Waals surface area contributed by atoms with Crippen LogP contribution in [0, 0.1) is 0 Å². The first-order valence-corrected chi connectivity index (χ1v) is 24.6. The summed E-state index contributed by atoms with van der Waals surface area (Å²) in [6.45, 7) is 9.84. The molecule has 3 N–H and O–H groups in total. The highest BCUT2D eigenvalue weighted by Crippen LogP contribution is 2.49. The second kappa shape index (κ2) is 40.2. The van der Waals surface area contributed by atoms with Gasteiger partial charge in [0.05, 0.1) is 19.8 Å². The zero-order valence-corrected chi connectivity index (χ0v) is 37.4. The number of amides is 1. The molecule has 0 bridgehead atoms. The van der Waals surface area contributed by atoms with Gasteiger partial charge in [-0.15, -0.1) is 6.58 Å². The normalized spacial score (nSPS) is 13.6. The van der Waals surface area contributed by atoms with Crippen LogP contribution in [0.5, 0.6) is 0 Å². The summed E-state index contributed by atoms with van der Waals surface area (Å²) >= 11 is 0. The number of ketones is 1. The third-order valence-electron chi connectivity index (χ3n) is 10.2. The van der Waals surface area contributed by atoms with Crippen molar-refractivity contribution in [1.82, 2.24) is 5.32 Å². The number of unbranched alkanes of at least 4 members (excludes halogenated alkanes) is 22. The molecule has 3 unspecified atom stereocenters. The average molecular weight is 815 g/mol. The van der Waals surface area contributed by atoms with Gasteiger partial charge in [-0.05, 0) is 38.5 Å². The number of carbonyl (C=O) groups excluding carboxylic acids is 3. The number of hydrogen-bond acceptors (Lipinski definition) is 9. The summed E-state index contributed by atoms with van der Waals surface area (Å²) in [5, 5.41) is 2.84. The molecule has 0 saturated heterocycles. The molecule has 11 heteroatoms. The van der Waals surface area contributed by atoms with Crippen molar-refractivity contribution in [2.45, 2.75) is 232 Å². The Kier molecular flexibility index (Phi) is 39.1. The minimum atomic E-state index is -4.05. The summed E-state index contributed by atoms with van der Waals surface area (Å²) in [4.78, 5) is 39.5. The Morgan fingerprint density at radius 3 is 1.57 bits per heavy atom. The molecule has 0 aromatic rings. The maximum atomic E-state index is 13.6. The number of nitrogens with two attached hydrogens (primary N) is 1. The largest absolute Gasteiger partial charge is 0.475 e. The van der Waals surface area contributed by atoms with Gasteiger partial charge < -0.3 is 15.8 Å². The van der Waals surface area contributed by atoms with Crippen LogP contribution in [0.25, 0.3) is 0 Å². The Morgan fingerprint density at radius 1 is 0.607 bits per heavy atom. The average Bonchev–Trinajstić information content (AvgIpc) is 3.19. The van der Waals surface area contributed by atoms with Gasteiger partial charge in [-0.3, -0.25) is 28.0 Å². The van der Waals surface area contributed by atoms with Gasteiger partial charge in [-0.2, -0.15) is 0 Å². The molecule has 330 valence electrons. The Balaban J connectivity index is 5.18. The number of carbonyl (C=O) groups is 3. The number of phosphoric acid groups is 1. The molecular formula is C45H87N2O8P. The number of esters is 1. The van der Waals surface area contributed by atoms with Crippen molar-refractivity contribution in [1.29, 1.82) is 0 Å². The Labute approximate surface area is 343 Å². The third-order valence-corrected chi connectivity index (χ3v) is 11.6. The fourth-order valence-electron chi connectivity index (χ4n) is 6.76. The molecule has 0 fully saturated rings. The van der Waals surface area contributed by atoms with E-state index in [0.29, 0.717) is 25.7 Å². The molecule has 0 aromatic heterocycles. The van der Waals surface area contributed by atoms with E-state index in [0.717, 1.165) is 70.6 Å². The van der Waals surface area contributed by atoms with Crippen molar-refractivity contribution >= 4 is 25.5 Å². The van der Waals surface area contributed by atoms with Gasteiger partial charge in [0.2, 0.25) is 5.91 Å². The Bertz CT molecular complexity index is 997. The highest BCUT2D eigenvalue weighted by Gasteiger charge is 2.30. The zero-order valence-electron chi connectivity index (χ0n) is 36.5. The maximum Gasteiger partial charge on any atom is 0.475 e. The Morgan fingerprint density at radius 2 is 1.07 bits per heavy atom. The molecule has 0 saturated carbocycles. The summed E-state index contributed by atoms with van der Waals surface area (Å²) in [6, 6.07) is -1.03. The topological polar surface area (TPSA) is 143 Å². The molecule has 0 aliphatic rings. The van der Waals surface area contributed by atoms with Crippen LogP contribution in [0.15, 0.2) is 12.7 Å². The fraction of sp³-hybridized carbons (Fsp3) is 0.889. The van der Waals surface area contributed by atoms with E-state index in [9.17, 15) is 18.9 Å². The summed E-state index contributed by atoms with van der Waals surface area (Å²) in [5.41, 5.74) is 5.55. The lowest BCUT2D eigenvalue weighted by molar-refractivity contribution is -0.150. The van der Waals surface area contributed by atoms with Crippen LogP contribution < -0.4 is 11.1 Å². The Hall–Kier alpha value is -1.58. The molecule has 0 rings (SSSR count). The van der Waals surface area contributed by atoms with E-state index in [4.69, 9.17) is 24.0 Å². The molecule has 1 amide bonds. The number of hydrogen-bond donors (Lipinski definition) is 2. The minimum Gasteiger partial charge on any atom is -0.462 e. The van der Waals surface area contributed by atoms with E-state index >= 15 is 0 Å². The van der Waals surface area contributed by atoms with Crippen LogP contribution in [0.4, 0.5) is 0 Å². The summed E-state index contributed by atoms with van der Waals surface area (Å²) in [7, 11) is -4.05. The second-order valence-electron chi connectivity index (χ2n) is 15.6. The summed E-state index contributed by atoms with van der Waals surface area (Å²) in [5.74, 6) is -0.649. The fourth-order valence-corrected chi connectivity index (χ4v) is 7.93. The molecule has 0 aliphatic carbocycles. The van der Waals surface area contributed by atoms with Crippen LogP contribution >= 0.6 is 7.82 Å². The first-order chi connectivity index (χ1) is 27.2. The lowest BCUT2D eigenvalue weighted by atomic mass is 10.0. The summed E-state index contributed by atoms with van der Waals surface area (Å²) < 4.78 is 35.4. The monoisotopic (exact) mass is 815 g/mol. The quantitative estimate of drug-likeness (QED) is 0.0266. The van der Waals surface area contributed by atoms with Crippen LogP contribution in [-0.4, -0.2) is 56.2 Å². The SMILES string of the molecule is C=CCOP(=O)(OCCN)OCC(NC(=O)CCCCCCCCCCCCC)C(=O)CCCC(CCCCCCC)OC(=O)CCCCCCCCCCC. The maximum absolute atomic E-state index is 13.6. The standard InChI is InChI=1S/C45H87N2O8P/c1-5-9-12-15-17-19-20-22-23-26-29-35-44(49)47-42(40-54-56(51,52-38-8-4)53-39-37-46)43(48)34-31-33-41(32-28-25-14-11-7-3)55-45(50)36-30-27-24-21-18-16-13-10-6-2/h8,41-42H,4-7,9-40,46H2,1-3H3,(H,47,49). The highest BCUT2D eigenvalue weighted by atomic mass is 31.2. The molecule has 0 aromatic carbocycles. The van der Waals surface area contributed by atoms with Crippen molar-refractivity contribution in [3.05, 3.63) is 12.7 Å². The lowest BCUT2D eigenvalue weighted by Crippen LogP contribution is -2.44. The highest BCUT2D eigenvalue weighted by molar-refractivity contribution is 7.48. The lowest BCUT2D eigenvalue weighted by Gasteiger charge is -2.22. The van der Waals surface area contributed by atoms with Crippen molar-refractivity contribution in [3.8, 4) is 0 Å². The van der Waals surface area contributed by atoms with E-state index in [1.807, 2.05) is 0 Å². The van der Waals surface area contributed by atoms with Gasteiger partial charge in [0.15, 0.2) is 5.78 Å². The smallest absolute Gasteiger partial charge is 0.462 e. The van der Waals surface area contributed by atoms with Gasteiger partial charge >= 0.3 is 13.8 Å². The zero-order chi connectivity index (χ0) is 41.4. The number of Topliss-reactive ketones (excluding diaryl/α,β-unsaturated/α-hetero) is 1. The van der Waals surface area contributed by atoms with Crippen molar-refractivity contribution in [2.75, 3.05) is 26.4 Å². The summed E-state index contributed by atoms with van der Waals surface area (Å²) in [6.07, 6.45) is 33.1. The van der Waals surface area contributed by atoms with Gasteiger partial charge in [0, 0.05) is 25.8 Å². The van der Waals surface area contributed by atoms with Gasteiger partial charge in [0.25, 0.3) is 0 Å². The van der Waals surface area contributed by atoms with Crippen molar-refractivity contribution < 1.29 is 37.3 Å². The number of phosphoric ester groups is 1. The van der Waals surface area contributed by atoms with E-state index in [1.54, 1.807) is 0 Å². The molecule has 0 spiro atoms. The van der Waals surface area contributed by atoms with Crippen LogP contribution in [0.1, 0.15) is 220 Å². The number of rotatable bonds is 44. The van der Waals surface area contributed by atoms with Gasteiger partial charge in [-0.1, -0.05) is 168 Å². The number of nitrogens with one attached hydrogen (secondary N) is 1. The van der Waals surface area contributed by atoms with E-state index in [1.165, 1.54) is 102 Å². The molecular weight excluding hydrogens is 727 g/mol. The van der Waals surface area contributed by atoms with Crippen molar-refractivity contribution in [3.63, 3.8) is 0 Å². The van der Waals surface area contributed by atoms with Crippen LogP contribution in [-0.2, 0) is 37.3 Å². The molecule has 0 radical (unpaired) electrons. The molecule has 56 heavy (non-hydrogen) atoms. The van der Waals surface area contributed by atoms with Crippen LogP contribution in [0.3, 0.4) is 0 Å². The molecule has 0 aliphatic heterocycles. The number of ether oxygens (including phenoxy) is 1. The second-order valence-corrected chi connectivity index (χ2v) is 17.3. The minimum absolute atomic E-state index is 0.0596. The predicted molar refractivity (Wildman–Crippen MR) is 232 cm³/mol. The van der Waals surface area contributed by atoms with E-state index in [2.05, 4.69) is 32.7 Å². The molecule has 0 heterocycles. The molecule has 10 nitrogen and oxygen atoms in total.